The molecule has 0 aliphatic rings. The van der Waals surface area contributed by atoms with Gasteiger partial charge in [0.05, 0.1) is 39.1 Å². The number of hydrogen-bond acceptors (Lipinski definition) is 2. The monoisotopic (exact) mass is 815 g/mol. The lowest BCUT2D eigenvalue weighted by molar-refractivity contribution is 0.669. The van der Waals surface area contributed by atoms with Crippen LogP contribution in [0.25, 0.3) is 109 Å². The van der Waals surface area contributed by atoms with Gasteiger partial charge in [0.15, 0.2) is 5.58 Å². The summed E-state index contributed by atoms with van der Waals surface area (Å²) in [5, 5.41) is 14.4. The fourth-order valence-corrected chi connectivity index (χ4v) is 10.8. The van der Waals surface area contributed by atoms with Crippen molar-refractivity contribution in [3.63, 3.8) is 0 Å². The maximum Gasteiger partial charge on any atom is 0.159 e. The Bertz CT molecular complexity index is 4170. The number of fused-ring (bicyclic) bond motifs is 15. The van der Waals surface area contributed by atoms with E-state index in [2.05, 4.69) is 232 Å². The zero-order valence-electron chi connectivity index (χ0n) is 34.6. The lowest BCUT2D eigenvalue weighted by Crippen LogP contribution is -2.11. The Morgan fingerprint density at radius 1 is 0.312 bits per heavy atom. The van der Waals surface area contributed by atoms with Crippen LogP contribution in [0.4, 0.5) is 17.1 Å². The fraction of sp³-hybridized carbons (Fsp3) is 0. The van der Waals surface area contributed by atoms with Gasteiger partial charge in [-0.3, -0.25) is 0 Å². The SMILES string of the molecule is c1ccc(-n2c3ccccc3c3c(-n4c5ccccc5c5c(N(c6ccc7c8ccccc8c8ccccc8c7c6)c6cccc7c6oc6ccccc67)cccc54)cccc32)cc1. The van der Waals surface area contributed by atoms with E-state index < -0.39 is 0 Å². The molecule has 11 aromatic carbocycles. The molecule has 3 heterocycles. The van der Waals surface area contributed by atoms with Gasteiger partial charge < -0.3 is 18.5 Å². The van der Waals surface area contributed by atoms with Crippen LogP contribution >= 0.6 is 0 Å². The van der Waals surface area contributed by atoms with Gasteiger partial charge in [0.25, 0.3) is 0 Å². The molecule has 0 unspecified atom stereocenters. The van der Waals surface area contributed by atoms with E-state index in [-0.39, 0.29) is 0 Å². The van der Waals surface area contributed by atoms with Crippen molar-refractivity contribution >= 4 is 115 Å². The zero-order chi connectivity index (χ0) is 41.9. The molecule has 14 aromatic rings. The molecule has 0 spiro atoms. The topological polar surface area (TPSA) is 26.2 Å². The lowest BCUT2D eigenvalue weighted by atomic mass is 9.94. The number of nitrogens with zero attached hydrogens (tertiary/aromatic N) is 3. The van der Waals surface area contributed by atoms with Crippen molar-refractivity contribution in [3.05, 3.63) is 224 Å². The molecule has 0 bridgehead atoms. The van der Waals surface area contributed by atoms with Crippen molar-refractivity contribution in [1.29, 1.82) is 0 Å². The van der Waals surface area contributed by atoms with Gasteiger partial charge in [-0.25, -0.2) is 0 Å². The van der Waals surface area contributed by atoms with Crippen LogP contribution < -0.4 is 4.90 Å². The maximum atomic E-state index is 6.88. The van der Waals surface area contributed by atoms with Crippen LogP contribution in [0.5, 0.6) is 0 Å². The third-order valence-electron chi connectivity index (χ3n) is 13.5. The molecular weight excluding hydrogens is 779 g/mol. The number of anilines is 3. The van der Waals surface area contributed by atoms with Crippen molar-refractivity contribution in [2.45, 2.75) is 0 Å². The van der Waals surface area contributed by atoms with E-state index in [0.717, 1.165) is 61.4 Å². The largest absolute Gasteiger partial charge is 0.454 e. The van der Waals surface area contributed by atoms with Crippen molar-refractivity contribution in [1.82, 2.24) is 9.13 Å². The van der Waals surface area contributed by atoms with Gasteiger partial charge in [-0.1, -0.05) is 152 Å². The van der Waals surface area contributed by atoms with Crippen molar-refractivity contribution < 1.29 is 4.42 Å². The van der Waals surface area contributed by atoms with Crippen LogP contribution in [0.3, 0.4) is 0 Å². The first-order chi connectivity index (χ1) is 31.8. The second kappa shape index (κ2) is 13.4. The Hall–Kier alpha value is -8.60. The second-order valence-electron chi connectivity index (χ2n) is 16.8. The lowest BCUT2D eigenvalue weighted by Gasteiger charge is -2.27. The number of hydrogen-bond donors (Lipinski definition) is 0. The molecule has 0 amide bonds. The molecule has 298 valence electrons. The molecule has 0 aliphatic carbocycles. The quantitative estimate of drug-likeness (QED) is 0.162. The Morgan fingerprint density at radius 2 is 0.812 bits per heavy atom. The van der Waals surface area contributed by atoms with Crippen LogP contribution in [0.15, 0.2) is 229 Å². The molecule has 0 atom stereocenters. The predicted octanol–water partition coefficient (Wildman–Crippen LogP) is 16.7. The predicted molar refractivity (Wildman–Crippen MR) is 270 cm³/mol. The standard InChI is InChI=1S/C60H37N3O/c1-2-17-38(18-3-1)61-50-27-11-8-24-47(50)58-52(61)29-15-31-54(58)63-51-28-12-9-25-48(51)59-53(30-16-32-55(59)63)62(56-33-14-26-46-45-23-10-13-34-57(45)64-60(46)56)39-35-36-44-42-21-5-4-19-40(42)41-20-6-7-22-43(41)49(44)37-39/h1-37H. The summed E-state index contributed by atoms with van der Waals surface area (Å²) in [6, 6.07) is 81.5. The van der Waals surface area contributed by atoms with Crippen LogP contribution in [0.1, 0.15) is 0 Å². The number of furan rings is 1. The van der Waals surface area contributed by atoms with E-state index >= 15 is 0 Å². The molecule has 0 aliphatic heterocycles. The summed E-state index contributed by atoms with van der Waals surface area (Å²) in [5.41, 5.74) is 11.7. The third-order valence-corrected chi connectivity index (χ3v) is 13.5. The molecule has 0 saturated carbocycles. The summed E-state index contributed by atoms with van der Waals surface area (Å²) in [6.07, 6.45) is 0. The van der Waals surface area contributed by atoms with E-state index in [9.17, 15) is 0 Å². The summed E-state index contributed by atoms with van der Waals surface area (Å²) in [4.78, 5) is 2.44. The van der Waals surface area contributed by atoms with E-state index in [1.54, 1.807) is 0 Å². The highest BCUT2D eigenvalue weighted by atomic mass is 16.3. The summed E-state index contributed by atoms with van der Waals surface area (Å²) >= 11 is 0. The third kappa shape index (κ3) is 4.88. The molecule has 4 nitrogen and oxygen atoms in total. The molecule has 0 radical (unpaired) electrons. The maximum absolute atomic E-state index is 6.88. The number of benzene rings is 11. The zero-order valence-corrected chi connectivity index (χ0v) is 34.6. The summed E-state index contributed by atoms with van der Waals surface area (Å²) in [6.45, 7) is 0. The van der Waals surface area contributed by atoms with Gasteiger partial charge in [-0.2, -0.15) is 0 Å². The minimum absolute atomic E-state index is 0.853. The number of para-hydroxylation sites is 5. The summed E-state index contributed by atoms with van der Waals surface area (Å²) in [5.74, 6) is 0. The highest BCUT2D eigenvalue weighted by molar-refractivity contribution is 6.26. The van der Waals surface area contributed by atoms with Crippen LogP contribution in [-0.2, 0) is 0 Å². The van der Waals surface area contributed by atoms with Crippen molar-refractivity contribution in [2.24, 2.45) is 0 Å². The molecular formula is C60H37N3O. The molecule has 4 heteroatoms. The van der Waals surface area contributed by atoms with Gasteiger partial charge >= 0.3 is 0 Å². The molecule has 0 saturated heterocycles. The van der Waals surface area contributed by atoms with Gasteiger partial charge in [0.1, 0.15) is 5.58 Å². The minimum Gasteiger partial charge on any atom is -0.454 e. The smallest absolute Gasteiger partial charge is 0.159 e. The van der Waals surface area contributed by atoms with Gasteiger partial charge in [0.2, 0.25) is 0 Å². The average molecular weight is 816 g/mol. The first kappa shape index (κ1) is 35.0. The normalized spacial score (nSPS) is 12.1. The van der Waals surface area contributed by atoms with E-state index in [1.807, 2.05) is 6.07 Å². The minimum atomic E-state index is 0.853. The van der Waals surface area contributed by atoms with Crippen LogP contribution in [0.2, 0.25) is 0 Å². The molecule has 64 heavy (non-hydrogen) atoms. The molecule has 0 fully saturated rings. The van der Waals surface area contributed by atoms with Crippen molar-refractivity contribution in [2.75, 3.05) is 4.90 Å². The highest BCUT2D eigenvalue weighted by Crippen LogP contribution is 2.49. The van der Waals surface area contributed by atoms with Crippen molar-refractivity contribution in [3.8, 4) is 11.4 Å². The van der Waals surface area contributed by atoms with E-state index in [0.29, 0.717) is 0 Å². The number of aromatic nitrogens is 2. The molecule has 3 aromatic heterocycles. The summed E-state index contributed by atoms with van der Waals surface area (Å²) in [7, 11) is 0. The Kier molecular flexibility index (Phi) is 7.36. The van der Waals surface area contributed by atoms with E-state index in [4.69, 9.17) is 4.42 Å². The molecule has 0 N–H and O–H groups in total. The second-order valence-corrected chi connectivity index (χ2v) is 16.8. The van der Waals surface area contributed by atoms with Gasteiger partial charge in [-0.15, -0.1) is 0 Å². The Balaban J connectivity index is 1.10. The Labute approximate surface area is 367 Å². The highest BCUT2D eigenvalue weighted by Gasteiger charge is 2.26. The number of rotatable bonds is 5. The van der Waals surface area contributed by atoms with Gasteiger partial charge in [-0.05, 0) is 105 Å². The Morgan fingerprint density at radius 3 is 1.55 bits per heavy atom. The first-order valence-corrected chi connectivity index (χ1v) is 21.9. The van der Waals surface area contributed by atoms with Crippen LogP contribution in [0, 0.1) is 0 Å². The summed E-state index contributed by atoms with van der Waals surface area (Å²) < 4.78 is 11.8. The fourth-order valence-electron chi connectivity index (χ4n) is 10.8. The average Bonchev–Trinajstić information content (AvgIpc) is 4.03. The van der Waals surface area contributed by atoms with Crippen LogP contribution in [-0.4, -0.2) is 9.13 Å². The van der Waals surface area contributed by atoms with E-state index in [1.165, 1.54) is 64.9 Å². The first-order valence-electron chi connectivity index (χ1n) is 21.9. The molecule has 14 rings (SSSR count). The van der Waals surface area contributed by atoms with Gasteiger partial charge in [0, 0.05) is 43.7 Å².